The van der Waals surface area contributed by atoms with Gasteiger partial charge in [0.25, 0.3) is 5.22 Å². The van der Waals surface area contributed by atoms with Crippen LogP contribution in [0.15, 0.2) is 38.1 Å². The summed E-state index contributed by atoms with van der Waals surface area (Å²) in [7, 11) is 0. The molecule has 2 heterocycles. The molecule has 0 N–H and O–H groups in total. The summed E-state index contributed by atoms with van der Waals surface area (Å²) >= 11 is 8.14. The molecule has 8 heteroatoms. The normalized spacial score (nSPS) is 10.5. The number of aryl methyl sites for hydroxylation is 1. The molecule has 21 heavy (non-hydrogen) atoms. The molecule has 3 rings (SSSR count). The summed E-state index contributed by atoms with van der Waals surface area (Å²) in [6.45, 7) is 2.01. The standard InChI is InChI=1S/C13H7ClN4OS2/c1-7-2-4-8(5-3-7)11-16-17-13(19-11)20-12-9(6-15)10(14)18-21-12/h2-5H,1H3. The van der Waals surface area contributed by atoms with Crippen LogP contribution in [-0.2, 0) is 0 Å². The number of benzene rings is 1. The molecule has 0 atom stereocenters. The maximum Gasteiger partial charge on any atom is 0.282 e. The van der Waals surface area contributed by atoms with Crippen LogP contribution in [0.25, 0.3) is 11.5 Å². The third-order valence-electron chi connectivity index (χ3n) is 2.62. The SMILES string of the molecule is Cc1ccc(-c2nnc(Sc3snc(Cl)c3C#N)o2)cc1. The molecule has 0 unspecified atom stereocenters. The first kappa shape index (κ1) is 14.1. The van der Waals surface area contributed by atoms with Crippen LogP contribution in [0.1, 0.15) is 11.1 Å². The Bertz CT molecular complexity index is 820. The first-order chi connectivity index (χ1) is 10.2. The number of nitrogens with zero attached hydrogens (tertiary/aromatic N) is 4. The van der Waals surface area contributed by atoms with Crippen LogP contribution in [0.5, 0.6) is 0 Å². The largest absolute Gasteiger partial charge is 0.411 e. The summed E-state index contributed by atoms with van der Waals surface area (Å²) in [6, 6.07) is 9.80. The summed E-state index contributed by atoms with van der Waals surface area (Å²) in [5.74, 6) is 0.437. The second kappa shape index (κ2) is 5.85. The molecule has 0 amide bonds. The lowest BCUT2D eigenvalue weighted by molar-refractivity contribution is 0.466. The van der Waals surface area contributed by atoms with Crippen molar-refractivity contribution in [3.05, 3.63) is 40.5 Å². The Labute approximate surface area is 133 Å². The third kappa shape index (κ3) is 2.93. The molecule has 0 saturated heterocycles. The van der Waals surface area contributed by atoms with Crippen molar-refractivity contribution in [3.63, 3.8) is 0 Å². The average Bonchev–Trinajstić information content (AvgIpc) is 3.07. The molecule has 0 aliphatic heterocycles. The highest BCUT2D eigenvalue weighted by Crippen LogP contribution is 2.36. The molecule has 5 nitrogen and oxygen atoms in total. The van der Waals surface area contributed by atoms with Gasteiger partial charge in [0.05, 0.1) is 0 Å². The van der Waals surface area contributed by atoms with Crippen LogP contribution in [-0.4, -0.2) is 14.6 Å². The van der Waals surface area contributed by atoms with Crippen LogP contribution in [0.3, 0.4) is 0 Å². The monoisotopic (exact) mass is 334 g/mol. The van der Waals surface area contributed by atoms with Gasteiger partial charge in [0.2, 0.25) is 5.89 Å². The summed E-state index contributed by atoms with van der Waals surface area (Å²) < 4.78 is 10.2. The number of aromatic nitrogens is 3. The number of nitriles is 1. The highest BCUT2D eigenvalue weighted by molar-refractivity contribution is 8.00. The van der Waals surface area contributed by atoms with Crippen molar-refractivity contribution in [1.82, 2.24) is 14.6 Å². The molecule has 0 bridgehead atoms. The predicted molar refractivity (Wildman–Crippen MR) is 80.4 cm³/mol. The molecule has 0 aliphatic carbocycles. The van der Waals surface area contributed by atoms with Crippen LogP contribution >= 0.6 is 34.9 Å². The first-order valence-electron chi connectivity index (χ1n) is 5.81. The molecule has 0 radical (unpaired) electrons. The van der Waals surface area contributed by atoms with E-state index in [1.54, 1.807) is 0 Å². The fourth-order valence-corrected chi connectivity index (χ4v) is 3.48. The highest BCUT2D eigenvalue weighted by Gasteiger charge is 2.17. The van der Waals surface area contributed by atoms with Crippen molar-refractivity contribution in [2.24, 2.45) is 0 Å². The van der Waals surface area contributed by atoms with Crippen LogP contribution in [0.2, 0.25) is 5.15 Å². The Hall–Kier alpha value is -1.88. The van der Waals surface area contributed by atoms with Gasteiger partial charge in [-0.2, -0.15) is 9.64 Å². The molecule has 2 aromatic heterocycles. The van der Waals surface area contributed by atoms with E-state index in [0.29, 0.717) is 20.9 Å². The Balaban J connectivity index is 1.85. The number of halogens is 1. The fourth-order valence-electron chi connectivity index (χ4n) is 1.56. The molecule has 1 aromatic carbocycles. The molecule has 3 aromatic rings. The van der Waals surface area contributed by atoms with Gasteiger partial charge >= 0.3 is 0 Å². The van der Waals surface area contributed by atoms with E-state index in [1.165, 1.54) is 11.8 Å². The van der Waals surface area contributed by atoms with Gasteiger partial charge in [-0.3, -0.25) is 0 Å². The lowest BCUT2D eigenvalue weighted by Crippen LogP contribution is -1.78. The zero-order valence-corrected chi connectivity index (χ0v) is 13.1. The molecule has 0 saturated carbocycles. The van der Waals surface area contributed by atoms with Crippen LogP contribution in [0, 0.1) is 18.3 Å². The van der Waals surface area contributed by atoms with E-state index in [-0.39, 0.29) is 5.15 Å². The van der Waals surface area contributed by atoms with Gasteiger partial charge in [0, 0.05) is 5.56 Å². The van der Waals surface area contributed by atoms with E-state index in [1.807, 2.05) is 37.3 Å². The zero-order valence-electron chi connectivity index (χ0n) is 10.7. The predicted octanol–water partition coefficient (Wildman–Crippen LogP) is 4.18. The van der Waals surface area contributed by atoms with Crippen molar-refractivity contribution in [3.8, 4) is 17.5 Å². The Morgan fingerprint density at radius 3 is 2.76 bits per heavy atom. The van der Waals surface area contributed by atoms with E-state index in [0.717, 1.165) is 22.7 Å². The Morgan fingerprint density at radius 2 is 2.05 bits per heavy atom. The molecular formula is C13H7ClN4OS2. The van der Waals surface area contributed by atoms with E-state index in [4.69, 9.17) is 21.3 Å². The fraction of sp³-hybridized carbons (Fsp3) is 0.0769. The van der Waals surface area contributed by atoms with Gasteiger partial charge in [-0.25, -0.2) is 0 Å². The Morgan fingerprint density at radius 1 is 1.29 bits per heavy atom. The summed E-state index contributed by atoms with van der Waals surface area (Å²) in [6.07, 6.45) is 0. The Kier molecular flexibility index (Phi) is 3.92. The molecular weight excluding hydrogens is 328 g/mol. The lowest BCUT2D eigenvalue weighted by atomic mass is 10.1. The topological polar surface area (TPSA) is 75.6 Å². The second-order valence-electron chi connectivity index (χ2n) is 4.09. The van der Waals surface area contributed by atoms with Crippen LogP contribution in [0.4, 0.5) is 0 Å². The molecule has 104 valence electrons. The van der Waals surface area contributed by atoms with E-state index < -0.39 is 0 Å². The maximum atomic E-state index is 9.03. The summed E-state index contributed by atoms with van der Waals surface area (Å²) in [5, 5.41) is 17.5. The van der Waals surface area contributed by atoms with Crippen molar-refractivity contribution < 1.29 is 4.42 Å². The van der Waals surface area contributed by atoms with Crippen molar-refractivity contribution >= 4 is 34.9 Å². The quantitative estimate of drug-likeness (QED) is 0.715. The summed E-state index contributed by atoms with van der Waals surface area (Å²) in [5.41, 5.74) is 2.34. The van der Waals surface area contributed by atoms with Gasteiger partial charge in [-0.1, -0.05) is 29.3 Å². The third-order valence-corrected chi connectivity index (χ3v) is 4.84. The van der Waals surface area contributed by atoms with E-state index in [9.17, 15) is 0 Å². The lowest BCUT2D eigenvalue weighted by Gasteiger charge is -1.95. The number of hydrogen-bond donors (Lipinski definition) is 0. The molecule has 0 spiro atoms. The van der Waals surface area contributed by atoms with E-state index in [2.05, 4.69) is 14.6 Å². The minimum absolute atomic E-state index is 0.197. The van der Waals surface area contributed by atoms with Crippen LogP contribution < -0.4 is 0 Å². The number of rotatable bonds is 3. The summed E-state index contributed by atoms with van der Waals surface area (Å²) in [4.78, 5) is 0. The number of hydrogen-bond acceptors (Lipinski definition) is 7. The zero-order chi connectivity index (χ0) is 14.8. The minimum Gasteiger partial charge on any atom is -0.411 e. The average molecular weight is 335 g/mol. The van der Waals surface area contributed by atoms with Gasteiger partial charge in [-0.15, -0.1) is 10.2 Å². The van der Waals surface area contributed by atoms with E-state index >= 15 is 0 Å². The van der Waals surface area contributed by atoms with Crippen molar-refractivity contribution in [2.45, 2.75) is 16.4 Å². The highest BCUT2D eigenvalue weighted by atomic mass is 35.5. The maximum absolute atomic E-state index is 9.03. The van der Waals surface area contributed by atoms with Gasteiger partial charge < -0.3 is 4.42 Å². The van der Waals surface area contributed by atoms with Crippen molar-refractivity contribution in [2.75, 3.05) is 0 Å². The molecule has 0 fully saturated rings. The second-order valence-corrected chi connectivity index (χ2v) is 6.44. The van der Waals surface area contributed by atoms with Gasteiger partial charge in [0.15, 0.2) is 5.15 Å². The van der Waals surface area contributed by atoms with Gasteiger partial charge in [-0.05, 0) is 42.4 Å². The first-order valence-corrected chi connectivity index (χ1v) is 7.78. The minimum atomic E-state index is 0.197. The van der Waals surface area contributed by atoms with Gasteiger partial charge in [0.1, 0.15) is 15.8 Å². The van der Waals surface area contributed by atoms with Crippen molar-refractivity contribution in [1.29, 1.82) is 5.26 Å². The smallest absolute Gasteiger partial charge is 0.282 e. The molecule has 0 aliphatic rings.